The largest absolute Gasteiger partial charge is 0.435 e. The van der Waals surface area contributed by atoms with Crippen molar-refractivity contribution in [3.63, 3.8) is 0 Å². The van der Waals surface area contributed by atoms with Crippen LogP contribution in [0.5, 0.6) is 0 Å². The highest BCUT2D eigenvalue weighted by atomic mass is 19.4. The van der Waals surface area contributed by atoms with Crippen molar-refractivity contribution in [2.75, 3.05) is 0 Å². The van der Waals surface area contributed by atoms with E-state index in [1.54, 1.807) is 24.3 Å². The maximum absolute atomic E-state index is 12.4. The molecule has 0 saturated carbocycles. The van der Waals surface area contributed by atoms with Crippen LogP contribution in [-0.4, -0.2) is 14.9 Å². The Balaban J connectivity index is 2.25. The van der Waals surface area contributed by atoms with Crippen LogP contribution in [0, 0.1) is 0 Å². The van der Waals surface area contributed by atoms with Crippen LogP contribution in [0.15, 0.2) is 36.5 Å². The molecule has 2 aromatic rings. The van der Waals surface area contributed by atoms with Crippen LogP contribution in [0.2, 0.25) is 0 Å². The Morgan fingerprint density at radius 3 is 2.32 bits per heavy atom. The highest BCUT2D eigenvalue weighted by molar-refractivity contribution is 5.35. The summed E-state index contributed by atoms with van der Waals surface area (Å²) in [6.07, 6.45) is -3.16. The fourth-order valence-electron chi connectivity index (χ4n) is 1.70. The van der Waals surface area contributed by atoms with Gasteiger partial charge in [0, 0.05) is 6.20 Å². The van der Waals surface area contributed by atoms with E-state index in [9.17, 15) is 18.3 Å². The number of aliphatic hydroxyl groups excluding tert-OH is 1. The van der Waals surface area contributed by atoms with E-state index >= 15 is 0 Å². The number of alkyl halides is 3. The zero-order chi connectivity index (χ0) is 14.0. The maximum atomic E-state index is 12.4. The predicted molar refractivity (Wildman–Crippen MR) is 63.8 cm³/mol. The van der Waals surface area contributed by atoms with E-state index in [4.69, 9.17) is 0 Å². The number of aromatic nitrogens is 2. The summed E-state index contributed by atoms with van der Waals surface area (Å²) in [6.45, 7) is 1.85. The molecule has 1 unspecified atom stereocenters. The molecule has 3 nitrogen and oxygen atoms in total. The van der Waals surface area contributed by atoms with Gasteiger partial charge in [0.05, 0.1) is 11.8 Å². The lowest BCUT2D eigenvalue weighted by Crippen LogP contribution is -2.07. The molecule has 1 aromatic heterocycles. The van der Waals surface area contributed by atoms with Crippen molar-refractivity contribution in [3.8, 4) is 5.69 Å². The van der Waals surface area contributed by atoms with Crippen molar-refractivity contribution in [1.82, 2.24) is 9.78 Å². The number of hydrogen-bond donors (Lipinski definition) is 1. The van der Waals surface area contributed by atoms with E-state index < -0.39 is 18.0 Å². The first-order valence-corrected chi connectivity index (χ1v) is 5.83. The number of benzene rings is 1. The molecule has 1 heterocycles. The molecule has 102 valence electrons. The lowest BCUT2D eigenvalue weighted by atomic mass is 10.1. The third kappa shape index (κ3) is 2.96. The Morgan fingerprint density at radius 1 is 1.21 bits per heavy atom. The zero-order valence-corrected chi connectivity index (χ0v) is 10.2. The van der Waals surface area contributed by atoms with Crippen LogP contribution in [0.4, 0.5) is 13.2 Å². The minimum Gasteiger partial charge on any atom is -0.388 e. The first-order valence-electron chi connectivity index (χ1n) is 5.83. The fourth-order valence-corrected chi connectivity index (χ4v) is 1.70. The van der Waals surface area contributed by atoms with Gasteiger partial charge < -0.3 is 5.11 Å². The normalized spacial score (nSPS) is 13.5. The highest BCUT2D eigenvalue weighted by Crippen LogP contribution is 2.28. The van der Waals surface area contributed by atoms with E-state index in [2.05, 4.69) is 5.10 Å². The Morgan fingerprint density at radius 2 is 1.84 bits per heavy atom. The average Bonchev–Trinajstić information content (AvgIpc) is 2.87. The van der Waals surface area contributed by atoms with Crippen LogP contribution in [0.1, 0.15) is 30.7 Å². The van der Waals surface area contributed by atoms with E-state index in [0.717, 1.165) is 16.3 Å². The minimum absolute atomic E-state index is 0.516. The van der Waals surface area contributed by atoms with E-state index in [-0.39, 0.29) is 0 Å². The summed E-state index contributed by atoms with van der Waals surface area (Å²) in [4.78, 5) is 0. The van der Waals surface area contributed by atoms with Gasteiger partial charge in [-0.05, 0) is 30.2 Å². The summed E-state index contributed by atoms with van der Waals surface area (Å²) < 4.78 is 38.4. The molecule has 0 radical (unpaired) electrons. The van der Waals surface area contributed by atoms with Crippen molar-refractivity contribution >= 4 is 0 Å². The second-order valence-corrected chi connectivity index (χ2v) is 4.16. The monoisotopic (exact) mass is 270 g/mol. The average molecular weight is 270 g/mol. The predicted octanol–water partition coefficient (Wildman–Crippen LogP) is 3.33. The lowest BCUT2D eigenvalue weighted by Gasteiger charge is -2.09. The number of aliphatic hydroxyl groups is 1. The molecule has 1 atom stereocenters. The molecule has 2 rings (SSSR count). The van der Waals surface area contributed by atoms with Gasteiger partial charge in [0.1, 0.15) is 0 Å². The third-order valence-electron chi connectivity index (χ3n) is 2.81. The fraction of sp³-hybridized carbons (Fsp3) is 0.308. The highest BCUT2D eigenvalue weighted by Gasteiger charge is 2.33. The molecular formula is C13H13F3N2O. The van der Waals surface area contributed by atoms with Crippen LogP contribution in [-0.2, 0) is 6.18 Å². The van der Waals surface area contributed by atoms with Crippen LogP contribution in [0.25, 0.3) is 5.69 Å². The van der Waals surface area contributed by atoms with Crippen LogP contribution < -0.4 is 0 Å². The topological polar surface area (TPSA) is 38.0 Å². The van der Waals surface area contributed by atoms with Crippen molar-refractivity contribution in [2.24, 2.45) is 0 Å². The summed E-state index contributed by atoms with van der Waals surface area (Å²) in [5.74, 6) is 0. The van der Waals surface area contributed by atoms with Crippen molar-refractivity contribution in [3.05, 3.63) is 47.8 Å². The van der Waals surface area contributed by atoms with E-state index in [1.807, 2.05) is 6.92 Å². The SMILES string of the molecule is CCC(O)c1ccc(-n2ccc(C(F)(F)F)n2)cc1. The standard InChI is InChI=1S/C13H13F3N2O/c1-2-11(19)9-3-5-10(6-4-9)18-8-7-12(17-18)13(14,15)16/h3-8,11,19H,2H2,1H3. The molecule has 19 heavy (non-hydrogen) atoms. The second kappa shape index (κ2) is 5.05. The molecule has 0 fully saturated rings. The molecule has 1 N–H and O–H groups in total. The van der Waals surface area contributed by atoms with Gasteiger partial charge in [0.25, 0.3) is 0 Å². The molecule has 1 aromatic carbocycles. The van der Waals surface area contributed by atoms with Gasteiger partial charge in [0.2, 0.25) is 0 Å². The van der Waals surface area contributed by atoms with Crippen LogP contribution in [0.3, 0.4) is 0 Å². The van der Waals surface area contributed by atoms with Gasteiger partial charge in [-0.3, -0.25) is 0 Å². The van der Waals surface area contributed by atoms with Crippen molar-refractivity contribution < 1.29 is 18.3 Å². The molecule has 0 saturated heterocycles. The van der Waals surface area contributed by atoms with Gasteiger partial charge in [-0.15, -0.1) is 0 Å². The van der Waals surface area contributed by atoms with Crippen LogP contribution >= 0.6 is 0 Å². The molecule has 0 aliphatic carbocycles. The number of halogens is 3. The summed E-state index contributed by atoms with van der Waals surface area (Å²) in [5, 5.41) is 13.1. The van der Waals surface area contributed by atoms with Gasteiger partial charge in [-0.2, -0.15) is 18.3 Å². The zero-order valence-electron chi connectivity index (χ0n) is 10.2. The van der Waals surface area contributed by atoms with Crippen molar-refractivity contribution in [2.45, 2.75) is 25.6 Å². The third-order valence-corrected chi connectivity index (χ3v) is 2.81. The van der Waals surface area contributed by atoms with E-state index in [0.29, 0.717) is 12.1 Å². The first-order chi connectivity index (χ1) is 8.91. The summed E-state index contributed by atoms with van der Waals surface area (Å²) in [6, 6.07) is 7.54. The second-order valence-electron chi connectivity index (χ2n) is 4.16. The van der Waals surface area contributed by atoms with Gasteiger partial charge in [-0.25, -0.2) is 4.68 Å². The molecule has 0 aliphatic rings. The quantitative estimate of drug-likeness (QED) is 0.929. The minimum atomic E-state index is -4.44. The summed E-state index contributed by atoms with van der Waals surface area (Å²) >= 11 is 0. The number of hydrogen-bond acceptors (Lipinski definition) is 2. The van der Waals surface area contributed by atoms with Gasteiger partial charge in [-0.1, -0.05) is 19.1 Å². The summed E-state index contributed by atoms with van der Waals surface area (Å²) in [5.41, 5.74) is 0.321. The Hall–Kier alpha value is -1.82. The number of nitrogens with zero attached hydrogens (tertiary/aromatic N) is 2. The van der Waals surface area contributed by atoms with Gasteiger partial charge in [0.15, 0.2) is 5.69 Å². The number of rotatable bonds is 3. The molecule has 6 heteroatoms. The Bertz CT molecular complexity index is 546. The van der Waals surface area contributed by atoms with Gasteiger partial charge >= 0.3 is 6.18 Å². The molecule has 0 spiro atoms. The van der Waals surface area contributed by atoms with Crippen molar-refractivity contribution in [1.29, 1.82) is 0 Å². The van der Waals surface area contributed by atoms with E-state index in [1.165, 1.54) is 6.20 Å². The lowest BCUT2D eigenvalue weighted by molar-refractivity contribution is -0.141. The molecular weight excluding hydrogens is 257 g/mol. The molecule has 0 aliphatic heterocycles. The molecule has 0 bridgehead atoms. The smallest absolute Gasteiger partial charge is 0.388 e. The first kappa shape index (κ1) is 13.6. The molecule has 0 amide bonds. The Kier molecular flexibility index (Phi) is 3.61. The Labute approximate surface area is 108 Å². The summed E-state index contributed by atoms with van der Waals surface area (Å²) in [7, 11) is 0. The maximum Gasteiger partial charge on any atom is 0.435 e.